The summed E-state index contributed by atoms with van der Waals surface area (Å²) < 4.78 is 5.26. The lowest BCUT2D eigenvalue weighted by Crippen LogP contribution is -2.33. The van der Waals surface area contributed by atoms with Crippen molar-refractivity contribution < 1.29 is 9.21 Å². The second-order valence-corrected chi connectivity index (χ2v) is 4.67. The molecule has 0 spiro atoms. The average molecular weight is 236 g/mol. The van der Waals surface area contributed by atoms with E-state index in [0.717, 1.165) is 31.8 Å². The van der Waals surface area contributed by atoms with Crippen LogP contribution in [0.1, 0.15) is 35.6 Å². The zero-order valence-corrected chi connectivity index (χ0v) is 10.3. The van der Waals surface area contributed by atoms with Crippen LogP contribution in [0.15, 0.2) is 16.5 Å². The van der Waals surface area contributed by atoms with Crippen molar-refractivity contribution in [3.8, 4) is 0 Å². The molecule has 1 fully saturated rings. The molecule has 1 aliphatic rings. The molecule has 1 unspecified atom stereocenters. The number of aryl methyl sites for hydroxylation is 1. The number of hydrogen-bond acceptors (Lipinski definition) is 3. The Balaban J connectivity index is 1.69. The van der Waals surface area contributed by atoms with Gasteiger partial charge in [0.15, 0.2) is 5.76 Å². The summed E-state index contributed by atoms with van der Waals surface area (Å²) in [5, 5.41) is 6.28. The van der Waals surface area contributed by atoms with Gasteiger partial charge in [-0.25, -0.2) is 0 Å². The number of hydrogen-bond donors (Lipinski definition) is 2. The molecule has 1 aromatic rings. The molecule has 2 heterocycles. The van der Waals surface area contributed by atoms with Crippen LogP contribution in [-0.4, -0.2) is 25.5 Å². The number of carbonyl (C=O) groups excluding carboxylic acids is 1. The van der Waals surface area contributed by atoms with Gasteiger partial charge in [-0.05, 0) is 57.3 Å². The van der Waals surface area contributed by atoms with Gasteiger partial charge in [0.05, 0.1) is 0 Å². The van der Waals surface area contributed by atoms with Crippen LogP contribution in [0, 0.1) is 12.8 Å². The fraction of sp³-hybridized carbons (Fsp3) is 0.615. The van der Waals surface area contributed by atoms with E-state index >= 15 is 0 Å². The van der Waals surface area contributed by atoms with Gasteiger partial charge in [-0.15, -0.1) is 0 Å². The van der Waals surface area contributed by atoms with E-state index < -0.39 is 0 Å². The van der Waals surface area contributed by atoms with Crippen molar-refractivity contribution in [3.05, 3.63) is 23.7 Å². The van der Waals surface area contributed by atoms with Crippen LogP contribution in [0.25, 0.3) is 0 Å². The van der Waals surface area contributed by atoms with Gasteiger partial charge in [0.2, 0.25) is 0 Å². The molecular formula is C13H20N2O2. The highest BCUT2D eigenvalue weighted by molar-refractivity contribution is 5.91. The van der Waals surface area contributed by atoms with Gasteiger partial charge in [-0.2, -0.15) is 0 Å². The Morgan fingerprint density at radius 1 is 1.59 bits per heavy atom. The third kappa shape index (κ3) is 3.60. The summed E-state index contributed by atoms with van der Waals surface area (Å²) in [5.74, 6) is 1.76. The van der Waals surface area contributed by atoms with E-state index in [1.54, 1.807) is 12.1 Å². The molecule has 17 heavy (non-hydrogen) atoms. The first-order valence-electron chi connectivity index (χ1n) is 6.31. The summed E-state index contributed by atoms with van der Waals surface area (Å²) in [6, 6.07) is 3.52. The van der Waals surface area contributed by atoms with Gasteiger partial charge in [-0.1, -0.05) is 0 Å². The Kier molecular flexibility index (Phi) is 4.20. The molecule has 0 radical (unpaired) electrons. The van der Waals surface area contributed by atoms with Gasteiger partial charge in [0, 0.05) is 6.54 Å². The minimum absolute atomic E-state index is 0.109. The van der Waals surface area contributed by atoms with Crippen molar-refractivity contribution in [2.24, 2.45) is 5.92 Å². The van der Waals surface area contributed by atoms with Gasteiger partial charge >= 0.3 is 0 Å². The van der Waals surface area contributed by atoms with E-state index in [2.05, 4.69) is 10.6 Å². The van der Waals surface area contributed by atoms with Gasteiger partial charge in [0.25, 0.3) is 5.91 Å². The molecule has 1 saturated heterocycles. The highest BCUT2D eigenvalue weighted by atomic mass is 16.3. The number of carbonyl (C=O) groups is 1. The maximum Gasteiger partial charge on any atom is 0.286 e. The fourth-order valence-electron chi connectivity index (χ4n) is 2.20. The molecule has 2 rings (SSSR count). The smallest absolute Gasteiger partial charge is 0.286 e. The molecular weight excluding hydrogens is 216 g/mol. The maximum absolute atomic E-state index is 11.7. The molecule has 0 saturated carbocycles. The Labute approximate surface area is 102 Å². The van der Waals surface area contributed by atoms with E-state index in [-0.39, 0.29) is 5.91 Å². The third-order valence-corrected chi connectivity index (χ3v) is 3.20. The average Bonchev–Trinajstić information content (AvgIpc) is 2.77. The van der Waals surface area contributed by atoms with Crippen molar-refractivity contribution in [3.63, 3.8) is 0 Å². The molecule has 1 aliphatic heterocycles. The van der Waals surface area contributed by atoms with Crippen molar-refractivity contribution in [2.45, 2.75) is 26.2 Å². The molecule has 0 aromatic carbocycles. The molecule has 4 nitrogen and oxygen atoms in total. The molecule has 2 N–H and O–H groups in total. The summed E-state index contributed by atoms with van der Waals surface area (Å²) in [5.41, 5.74) is 0. The van der Waals surface area contributed by atoms with E-state index in [1.165, 1.54) is 12.8 Å². The van der Waals surface area contributed by atoms with Crippen molar-refractivity contribution in [1.29, 1.82) is 0 Å². The van der Waals surface area contributed by atoms with Crippen LogP contribution in [-0.2, 0) is 0 Å². The summed E-state index contributed by atoms with van der Waals surface area (Å²) in [6.45, 7) is 4.78. The molecule has 1 aromatic heterocycles. The highest BCUT2D eigenvalue weighted by Crippen LogP contribution is 2.13. The minimum Gasteiger partial charge on any atom is -0.456 e. The molecule has 4 heteroatoms. The van der Waals surface area contributed by atoms with E-state index in [1.807, 2.05) is 6.92 Å². The van der Waals surface area contributed by atoms with Gasteiger partial charge in [-0.3, -0.25) is 4.79 Å². The lowest BCUT2D eigenvalue weighted by molar-refractivity contribution is 0.0921. The van der Waals surface area contributed by atoms with E-state index in [9.17, 15) is 4.79 Å². The van der Waals surface area contributed by atoms with E-state index in [4.69, 9.17) is 4.42 Å². The molecule has 0 aliphatic carbocycles. The lowest BCUT2D eigenvalue weighted by atomic mass is 9.96. The van der Waals surface area contributed by atoms with Crippen LogP contribution < -0.4 is 10.6 Å². The van der Waals surface area contributed by atoms with Crippen LogP contribution >= 0.6 is 0 Å². The second-order valence-electron chi connectivity index (χ2n) is 4.67. The first kappa shape index (κ1) is 12.2. The van der Waals surface area contributed by atoms with Crippen molar-refractivity contribution >= 4 is 5.91 Å². The van der Waals surface area contributed by atoms with Crippen LogP contribution in [0.5, 0.6) is 0 Å². The molecule has 0 bridgehead atoms. The molecule has 94 valence electrons. The highest BCUT2D eigenvalue weighted by Gasteiger charge is 2.14. The third-order valence-electron chi connectivity index (χ3n) is 3.20. The zero-order chi connectivity index (χ0) is 12.1. The fourth-order valence-corrected chi connectivity index (χ4v) is 2.20. The van der Waals surface area contributed by atoms with Crippen molar-refractivity contribution in [1.82, 2.24) is 10.6 Å². The predicted molar refractivity (Wildman–Crippen MR) is 66.0 cm³/mol. The standard InChI is InChI=1S/C13H20N2O2/c1-10-4-5-12(17-10)13(16)15-8-6-11-3-2-7-14-9-11/h4-5,11,14H,2-3,6-9H2,1H3,(H,15,16). The Hall–Kier alpha value is -1.29. The first-order chi connectivity index (χ1) is 8.25. The monoisotopic (exact) mass is 236 g/mol. The van der Waals surface area contributed by atoms with Crippen LogP contribution in [0.4, 0.5) is 0 Å². The number of nitrogens with one attached hydrogen (secondary N) is 2. The first-order valence-corrected chi connectivity index (χ1v) is 6.31. The lowest BCUT2D eigenvalue weighted by Gasteiger charge is -2.22. The second kappa shape index (κ2) is 5.87. The summed E-state index contributed by atoms with van der Waals surface area (Å²) in [4.78, 5) is 11.7. The SMILES string of the molecule is Cc1ccc(C(=O)NCCC2CCCNC2)o1. The number of piperidine rings is 1. The quantitative estimate of drug-likeness (QED) is 0.836. The van der Waals surface area contributed by atoms with Gasteiger partial charge in [0.1, 0.15) is 5.76 Å². The summed E-state index contributed by atoms with van der Waals surface area (Å²) in [6.07, 6.45) is 3.55. The Morgan fingerprint density at radius 2 is 2.47 bits per heavy atom. The Bertz CT molecular complexity index is 367. The Morgan fingerprint density at radius 3 is 3.12 bits per heavy atom. The topological polar surface area (TPSA) is 54.3 Å². The summed E-state index contributed by atoms with van der Waals surface area (Å²) in [7, 11) is 0. The number of amides is 1. The largest absolute Gasteiger partial charge is 0.456 e. The van der Waals surface area contributed by atoms with Crippen LogP contribution in [0.2, 0.25) is 0 Å². The van der Waals surface area contributed by atoms with Crippen molar-refractivity contribution in [2.75, 3.05) is 19.6 Å². The van der Waals surface area contributed by atoms with Gasteiger partial charge < -0.3 is 15.1 Å². The summed E-state index contributed by atoms with van der Waals surface area (Å²) >= 11 is 0. The normalized spacial score (nSPS) is 20.2. The number of rotatable bonds is 4. The van der Waals surface area contributed by atoms with E-state index in [0.29, 0.717) is 11.7 Å². The zero-order valence-electron chi connectivity index (χ0n) is 10.3. The maximum atomic E-state index is 11.7. The predicted octanol–water partition coefficient (Wildman–Crippen LogP) is 1.71. The molecule has 1 amide bonds. The minimum atomic E-state index is -0.109. The molecule has 1 atom stereocenters. The van der Waals surface area contributed by atoms with Crippen LogP contribution in [0.3, 0.4) is 0 Å². The number of furan rings is 1.